The number of hydrogen-bond donors (Lipinski definition) is 1. The second-order valence-corrected chi connectivity index (χ2v) is 7.57. The Kier molecular flexibility index (Phi) is 4.48. The number of aryl methyl sites for hydroxylation is 1. The number of carbonyl (C=O) groups excluding carboxylic acids is 1. The maximum Gasteiger partial charge on any atom is 0.416 e. The van der Waals surface area contributed by atoms with Gasteiger partial charge in [0.2, 0.25) is 0 Å². The first kappa shape index (κ1) is 19.2. The van der Waals surface area contributed by atoms with E-state index in [1.54, 1.807) is 25.4 Å². The third kappa shape index (κ3) is 3.20. The lowest BCUT2D eigenvalue weighted by atomic mass is 9.92. The molecule has 0 aliphatic carbocycles. The van der Waals surface area contributed by atoms with Crippen LogP contribution in [0.1, 0.15) is 52.8 Å². The van der Waals surface area contributed by atoms with E-state index in [9.17, 15) is 18.0 Å². The first-order valence-electron chi connectivity index (χ1n) is 9.25. The van der Waals surface area contributed by atoms with Crippen LogP contribution < -0.4 is 4.90 Å². The van der Waals surface area contributed by atoms with Gasteiger partial charge in [0, 0.05) is 30.6 Å². The zero-order valence-corrected chi connectivity index (χ0v) is 16.2. The van der Waals surface area contributed by atoms with Gasteiger partial charge in [-0.15, -0.1) is 0 Å². The fraction of sp³-hybridized carbons (Fsp3) is 0.350. The number of aromatic amines is 1. The molecular weight excluding hydrogens is 383 g/mol. The smallest absolute Gasteiger partial charge is 0.281 e. The average molecular weight is 403 g/mol. The quantitative estimate of drug-likeness (QED) is 0.713. The molecule has 1 aliphatic heterocycles. The van der Waals surface area contributed by atoms with Gasteiger partial charge in [-0.1, -0.05) is 32.0 Å². The number of H-pyrrole nitrogens is 1. The molecule has 0 spiro atoms. The maximum absolute atomic E-state index is 13.8. The number of hydrogen-bond acceptors (Lipinski definition) is 3. The van der Waals surface area contributed by atoms with Crippen LogP contribution in [0.15, 0.2) is 36.5 Å². The van der Waals surface area contributed by atoms with Gasteiger partial charge in [0.1, 0.15) is 0 Å². The van der Waals surface area contributed by atoms with Crippen molar-refractivity contribution in [2.45, 2.75) is 32.5 Å². The van der Waals surface area contributed by atoms with Crippen LogP contribution in [0.3, 0.4) is 0 Å². The summed E-state index contributed by atoms with van der Waals surface area (Å²) in [6.07, 6.45) is -2.34. The Bertz CT molecular complexity index is 1070. The van der Waals surface area contributed by atoms with E-state index < -0.39 is 23.7 Å². The van der Waals surface area contributed by atoms with Crippen molar-refractivity contribution in [3.63, 3.8) is 0 Å². The van der Waals surface area contributed by atoms with E-state index in [4.69, 9.17) is 0 Å². The lowest BCUT2D eigenvalue weighted by Crippen LogP contribution is -2.31. The fourth-order valence-electron chi connectivity index (χ4n) is 3.82. The molecule has 1 N–H and O–H groups in total. The maximum atomic E-state index is 13.8. The van der Waals surface area contributed by atoms with Crippen LogP contribution in [0.2, 0.25) is 0 Å². The summed E-state index contributed by atoms with van der Waals surface area (Å²) < 4.78 is 42.9. The molecule has 1 amide bonds. The minimum absolute atomic E-state index is 0.00385. The second-order valence-electron chi connectivity index (χ2n) is 7.57. The molecule has 0 saturated carbocycles. The Morgan fingerprint density at radius 1 is 1.21 bits per heavy atom. The summed E-state index contributed by atoms with van der Waals surface area (Å²) in [6, 6.07) is 6.00. The van der Waals surface area contributed by atoms with Crippen molar-refractivity contribution in [3.8, 4) is 0 Å². The van der Waals surface area contributed by atoms with Gasteiger partial charge < -0.3 is 0 Å². The van der Waals surface area contributed by atoms with Gasteiger partial charge in [-0.2, -0.15) is 23.4 Å². The number of alkyl halides is 3. The normalized spacial score (nSPS) is 16.7. The van der Waals surface area contributed by atoms with Gasteiger partial charge in [-0.05, 0) is 24.0 Å². The largest absolute Gasteiger partial charge is 0.416 e. The monoisotopic (exact) mass is 403 g/mol. The molecule has 6 nitrogen and oxygen atoms in total. The molecule has 1 unspecified atom stereocenters. The highest BCUT2D eigenvalue weighted by molar-refractivity contribution is 6.10. The van der Waals surface area contributed by atoms with Crippen molar-refractivity contribution in [2.75, 3.05) is 4.90 Å². The van der Waals surface area contributed by atoms with E-state index in [-0.39, 0.29) is 23.0 Å². The first-order chi connectivity index (χ1) is 13.7. The minimum atomic E-state index is -4.56. The van der Waals surface area contributed by atoms with Gasteiger partial charge in [-0.3, -0.25) is 19.5 Å². The molecule has 0 fully saturated rings. The van der Waals surface area contributed by atoms with E-state index in [2.05, 4.69) is 15.3 Å². The Morgan fingerprint density at radius 3 is 2.55 bits per heavy atom. The van der Waals surface area contributed by atoms with Crippen LogP contribution in [0.25, 0.3) is 0 Å². The summed E-state index contributed by atoms with van der Waals surface area (Å²) >= 11 is 0. The number of nitrogens with zero attached hydrogens (tertiary/aromatic N) is 4. The van der Waals surface area contributed by atoms with Crippen LogP contribution >= 0.6 is 0 Å². The van der Waals surface area contributed by atoms with Crippen LogP contribution in [-0.2, 0) is 19.6 Å². The number of rotatable bonds is 4. The Balaban J connectivity index is 1.96. The molecule has 0 bridgehead atoms. The number of carbonyl (C=O) groups is 1. The predicted molar refractivity (Wildman–Crippen MR) is 100 cm³/mol. The third-order valence-electron chi connectivity index (χ3n) is 4.96. The number of amides is 1. The zero-order valence-electron chi connectivity index (χ0n) is 16.2. The van der Waals surface area contributed by atoms with Crippen LogP contribution in [-0.4, -0.2) is 25.9 Å². The van der Waals surface area contributed by atoms with Gasteiger partial charge in [0.25, 0.3) is 5.91 Å². The van der Waals surface area contributed by atoms with Gasteiger partial charge >= 0.3 is 6.18 Å². The number of nitrogens with one attached hydrogen (secondary N) is 1. The predicted octanol–water partition coefficient (Wildman–Crippen LogP) is 4.11. The van der Waals surface area contributed by atoms with E-state index >= 15 is 0 Å². The van der Waals surface area contributed by atoms with Crippen molar-refractivity contribution < 1.29 is 18.0 Å². The van der Waals surface area contributed by atoms with Crippen LogP contribution in [0.5, 0.6) is 0 Å². The van der Waals surface area contributed by atoms with Gasteiger partial charge in [0.15, 0.2) is 11.5 Å². The number of benzene rings is 1. The van der Waals surface area contributed by atoms with Gasteiger partial charge in [0.05, 0.1) is 11.6 Å². The Labute approximate surface area is 165 Å². The van der Waals surface area contributed by atoms with Crippen molar-refractivity contribution in [1.29, 1.82) is 0 Å². The summed E-state index contributed by atoms with van der Waals surface area (Å²) in [5.74, 6) is 0.0528. The van der Waals surface area contributed by atoms with Gasteiger partial charge in [-0.25, -0.2) is 0 Å². The van der Waals surface area contributed by atoms with Crippen LogP contribution in [0.4, 0.5) is 19.0 Å². The lowest BCUT2D eigenvalue weighted by Gasteiger charge is -2.27. The highest BCUT2D eigenvalue weighted by Crippen LogP contribution is 2.46. The molecule has 3 aromatic rings. The van der Waals surface area contributed by atoms with E-state index in [0.717, 1.165) is 6.07 Å². The summed E-state index contributed by atoms with van der Waals surface area (Å²) in [4.78, 5) is 14.5. The molecule has 3 heterocycles. The molecule has 1 aromatic carbocycles. The molecule has 9 heteroatoms. The summed E-state index contributed by atoms with van der Waals surface area (Å²) in [6.45, 7) is 4.00. The molecule has 0 radical (unpaired) electrons. The molecule has 1 atom stereocenters. The van der Waals surface area contributed by atoms with Crippen LogP contribution in [0, 0.1) is 5.92 Å². The van der Waals surface area contributed by atoms with E-state index in [0.29, 0.717) is 17.7 Å². The third-order valence-corrected chi connectivity index (χ3v) is 4.96. The first-order valence-corrected chi connectivity index (χ1v) is 9.25. The molecule has 29 heavy (non-hydrogen) atoms. The summed E-state index contributed by atoms with van der Waals surface area (Å²) in [5, 5.41) is 11.3. The standard InChI is InChI=1S/C20H20F3N5O/c1-11(2)10-14-16-17(25-24-14)19(29)28(15-8-9-27(3)26-15)18(16)12-6-4-5-7-13(12)20(21,22)23/h4-9,11,18H,10H2,1-3H3,(H,24,25). The number of anilines is 1. The SMILES string of the molecule is CC(C)Cc1[nH]nc2c1C(c1ccccc1C(F)(F)F)N(c1ccn(C)n1)C2=O. The fourth-order valence-corrected chi connectivity index (χ4v) is 3.82. The number of halogens is 3. The minimum Gasteiger partial charge on any atom is -0.281 e. The number of fused-ring (bicyclic) bond motifs is 1. The second kappa shape index (κ2) is 6.75. The Morgan fingerprint density at radius 2 is 1.93 bits per heavy atom. The molecule has 2 aromatic heterocycles. The molecule has 1 aliphatic rings. The molecular formula is C20H20F3N5O. The lowest BCUT2D eigenvalue weighted by molar-refractivity contribution is -0.138. The summed E-state index contributed by atoms with van der Waals surface area (Å²) in [7, 11) is 1.69. The highest BCUT2D eigenvalue weighted by atomic mass is 19.4. The average Bonchev–Trinajstić information content (AvgIpc) is 3.31. The zero-order chi connectivity index (χ0) is 20.9. The van der Waals surface area contributed by atoms with Crippen molar-refractivity contribution in [2.24, 2.45) is 13.0 Å². The van der Waals surface area contributed by atoms with Crippen molar-refractivity contribution in [3.05, 3.63) is 64.6 Å². The molecule has 0 saturated heterocycles. The van der Waals surface area contributed by atoms with E-state index in [1.807, 2.05) is 13.8 Å². The number of aromatic nitrogens is 4. The highest BCUT2D eigenvalue weighted by Gasteiger charge is 2.47. The van der Waals surface area contributed by atoms with Crippen molar-refractivity contribution >= 4 is 11.7 Å². The summed E-state index contributed by atoms with van der Waals surface area (Å²) in [5.41, 5.74) is 0.538. The Hall–Kier alpha value is -3.10. The topological polar surface area (TPSA) is 66.8 Å². The van der Waals surface area contributed by atoms with E-state index in [1.165, 1.54) is 21.7 Å². The molecule has 152 valence electrons. The molecule has 4 rings (SSSR count). The van der Waals surface area contributed by atoms with Crippen molar-refractivity contribution in [1.82, 2.24) is 20.0 Å².